The molecular weight excluding hydrogens is 386 g/mol. The Balaban J connectivity index is 1.70. The molecule has 0 atom stereocenters. The van der Waals surface area contributed by atoms with Gasteiger partial charge in [-0.25, -0.2) is 4.98 Å². The fourth-order valence-corrected chi connectivity index (χ4v) is 4.36. The summed E-state index contributed by atoms with van der Waals surface area (Å²) in [7, 11) is 0. The monoisotopic (exact) mass is 407 g/mol. The van der Waals surface area contributed by atoms with Crippen molar-refractivity contribution >= 4 is 39.2 Å². The molecule has 0 saturated heterocycles. The molecular formula is C22H22ClN5O. The maximum absolute atomic E-state index is 13.1. The highest BCUT2D eigenvalue weighted by atomic mass is 35.5. The van der Waals surface area contributed by atoms with Gasteiger partial charge in [0.05, 0.1) is 22.2 Å². The van der Waals surface area contributed by atoms with Gasteiger partial charge in [-0.2, -0.15) is 0 Å². The molecule has 29 heavy (non-hydrogen) atoms. The summed E-state index contributed by atoms with van der Waals surface area (Å²) in [6.45, 7) is 0. The predicted molar refractivity (Wildman–Crippen MR) is 119 cm³/mol. The number of hydrogen-bond donors (Lipinski definition) is 4. The molecule has 0 radical (unpaired) electrons. The SMILES string of the molecule is NC1CCC(Nc2c(-c3nc4ccccc4[nH]3)c(=O)[nH]c3cc(Cl)ccc23)CC1. The quantitative estimate of drug-likeness (QED) is 0.404. The van der Waals surface area contributed by atoms with Gasteiger partial charge in [0.2, 0.25) is 0 Å². The van der Waals surface area contributed by atoms with Crippen molar-refractivity contribution in [2.45, 2.75) is 37.8 Å². The predicted octanol–water partition coefficient (Wildman–Crippen LogP) is 4.41. The number of hydrogen-bond acceptors (Lipinski definition) is 4. The van der Waals surface area contributed by atoms with Gasteiger partial charge in [-0.1, -0.05) is 23.7 Å². The van der Waals surface area contributed by atoms with E-state index in [0.29, 0.717) is 21.9 Å². The van der Waals surface area contributed by atoms with Crippen LogP contribution in [0.4, 0.5) is 5.69 Å². The van der Waals surface area contributed by atoms with Crippen LogP contribution in [0.25, 0.3) is 33.3 Å². The topological polar surface area (TPSA) is 99.6 Å². The van der Waals surface area contributed by atoms with Crippen molar-refractivity contribution in [3.8, 4) is 11.4 Å². The Morgan fingerprint density at radius 3 is 2.62 bits per heavy atom. The van der Waals surface area contributed by atoms with E-state index < -0.39 is 0 Å². The van der Waals surface area contributed by atoms with Crippen LogP contribution in [0.3, 0.4) is 0 Å². The number of anilines is 1. The van der Waals surface area contributed by atoms with Crippen molar-refractivity contribution < 1.29 is 0 Å². The van der Waals surface area contributed by atoms with E-state index in [2.05, 4.69) is 20.3 Å². The first-order valence-electron chi connectivity index (χ1n) is 9.91. The number of aromatic amines is 2. The molecule has 1 saturated carbocycles. The Morgan fingerprint density at radius 1 is 1.03 bits per heavy atom. The lowest BCUT2D eigenvalue weighted by molar-refractivity contribution is 0.411. The van der Waals surface area contributed by atoms with Crippen LogP contribution in [0.2, 0.25) is 5.02 Å². The number of fused-ring (bicyclic) bond motifs is 2. The number of para-hydroxylation sites is 2. The van der Waals surface area contributed by atoms with Crippen LogP contribution in [0, 0.1) is 0 Å². The van der Waals surface area contributed by atoms with Gasteiger partial charge >= 0.3 is 0 Å². The number of benzene rings is 2. The van der Waals surface area contributed by atoms with Gasteiger partial charge in [-0.15, -0.1) is 0 Å². The molecule has 0 unspecified atom stereocenters. The van der Waals surface area contributed by atoms with Crippen molar-refractivity contribution in [3.05, 3.63) is 57.8 Å². The fourth-order valence-electron chi connectivity index (χ4n) is 4.19. The molecule has 2 aromatic heterocycles. The van der Waals surface area contributed by atoms with Crippen LogP contribution in [0.5, 0.6) is 0 Å². The number of nitrogens with zero attached hydrogens (tertiary/aromatic N) is 1. The zero-order valence-electron chi connectivity index (χ0n) is 15.8. The van der Waals surface area contributed by atoms with Gasteiger partial charge in [0.15, 0.2) is 0 Å². The highest BCUT2D eigenvalue weighted by Crippen LogP contribution is 2.34. The average molecular weight is 408 g/mol. The summed E-state index contributed by atoms with van der Waals surface area (Å²) in [6.07, 6.45) is 3.90. The minimum absolute atomic E-state index is 0.200. The number of halogens is 1. The molecule has 5 rings (SSSR count). The lowest BCUT2D eigenvalue weighted by atomic mass is 9.91. The summed E-state index contributed by atoms with van der Waals surface area (Å²) in [6, 6.07) is 13.9. The van der Waals surface area contributed by atoms with E-state index in [9.17, 15) is 4.79 Å². The fraction of sp³-hybridized carbons (Fsp3) is 0.273. The van der Waals surface area contributed by atoms with Gasteiger partial charge in [0, 0.05) is 22.5 Å². The third kappa shape index (κ3) is 3.39. The molecule has 0 amide bonds. The molecule has 148 valence electrons. The van der Waals surface area contributed by atoms with Crippen molar-refractivity contribution in [1.29, 1.82) is 0 Å². The molecule has 2 heterocycles. The van der Waals surface area contributed by atoms with Crippen LogP contribution in [0.15, 0.2) is 47.3 Å². The Bertz CT molecular complexity index is 1220. The van der Waals surface area contributed by atoms with E-state index >= 15 is 0 Å². The van der Waals surface area contributed by atoms with Crippen molar-refractivity contribution in [3.63, 3.8) is 0 Å². The zero-order valence-corrected chi connectivity index (χ0v) is 16.6. The van der Waals surface area contributed by atoms with E-state index in [4.69, 9.17) is 17.3 Å². The first-order valence-corrected chi connectivity index (χ1v) is 10.3. The van der Waals surface area contributed by atoms with E-state index in [-0.39, 0.29) is 17.6 Å². The van der Waals surface area contributed by atoms with E-state index in [1.807, 2.05) is 36.4 Å². The molecule has 1 aliphatic rings. The minimum atomic E-state index is -0.200. The molecule has 0 spiro atoms. The van der Waals surface area contributed by atoms with E-state index in [1.54, 1.807) is 6.07 Å². The van der Waals surface area contributed by atoms with Gasteiger partial charge in [0.1, 0.15) is 11.4 Å². The number of H-pyrrole nitrogens is 2. The molecule has 1 fully saturated rings. The number of imidazole rings is 1. The van der Waals surface area contributed by atoms with Crippen molar-refractivity contribution in [2.75, 3.05) is 5.32 Å². The van der Waals surface area contributed by atoms with Gasteiger partial charge in [-0.05, 0) is 56.0 Å². The second kappa shape index (κ2) is 7.21. The molecule has 5 N–H and O–H groups in total. The first kappa shape index (κ1) is 18.2. The highest BCUT2D eigenvalue weighted by Gasteiger charge is 2.23. The van der Waals surface area contributed by atoms with E-state index in [0.717, 1.165) is 47.8 Å². The third-order valence-electron chi connectivity index (χ3n) is 5.72. The summed E-state index contributed by atoms with van der Waals surface area (Å²) >= 11 is 6.17. The Morgan fingerprint density at radius 2 is 1.83 bits per heavy atom. The van der Waals surface area contributed by atoms with Crippen LogP contribution < -0.4 is 16.6 Å². The van der Waals surface area contributed by atoms with Gasteiger partial charge in [0.25, 0.3) is 5.56 Å². The molecule has 0 aliphatic heterocycles. The summed E-state index contributed by atoms with van der Waals surface area (Å²) in [5, 5.41) is 5.14. The van der Waals surface area contributed by atoms with Crippen LogP contribution in [-0.4, -0.2) is 27.0 Å². The van der Waals surface area contributed by atoms with E-state index in [1.165, 1.54) is 0 Å². The third-order valence-corrected chi connectivity index (χ3v) is 5.96. The molecule has 2 aromatic carbocycles. The van der Waals surface area contributed by atoms with Crippen molar-refractivity contribution in [1.82, 2.24) is 15.0 Å². The normalized spacial score (nSPS) is 19.7. The van der Waals surface area contributed by atoms with Gasteiger partial charge in [-0.3, -0.25) is 4.79 Å². The number of pyridine rings is 1. The maximum atomic E-state index is 13.1. The lowest BCUT2D eigenvalue weighted by Gasteiger charge is -2.28. The summed E-state index contributed by atoms with van der Waals surface area (Å²) in [4.78, 5) is 24.1. The molecule has 6 nitrogen and oxygen atoms in total. The van der Waals surface area contributed by atoms with Crippen LogP contribution in [0.1, 0.15) is 25.7 Å². The first-order chi connectivity index (χ1) is 14.1. The molecule has 0 bridgehead atoms. The number of aromatic nitrogens is 3. The Hall–Kier alpha value is -2.83. The summed E-state index contributed by atoms with van der Waals surface area (Å²) in [5.41, 5.74) is 9.61. The lowest BCUT2D eigenvalue weighted by Crippen LogP contribution is -2.33. The smallest absolute Gasteiger partial charge is 0.261 e. The Labute approximate surface area is 172 Å². The second-order valence-corrected chi connectivity index (χ2v) is 8.19. The average Bonchev–Trinajstić information content (AvgIpc) is 3.13. The maximum Gasteiger partial charge on any atom is 0.261 e. The van der Waals surface area contributed by atoms with Crippen LogP contribution >= 0.6 is 11.6 Å². The highest BCUT2D eigenvalue weighted by molar-refractivity contribution is 6.31. The second-order valence-electron chi connectivity index (χ2n) is 7.75. The number of rotatable bonds is 3. The van der Waals surface area contributed by atoms with Crippen LogP contribution in [-0.2, 0) is 0 Å². The van der Waals surface area contributed by atoms with Gasteiger partial charge < -0.3 is 21.0 Å². The Kier molecular flexibility index (Phi) is 4.53. The number of nitrogens with two attached hydrogens (primary N) is 1. The summed E-state index contributed by atoms with van der Waals surface area (Å²) < 4.78 is 0. The number of nitrogens with one attached hydrogen (secondary N) is 3. The molecule has 1 aliphatic carbocycles. The molecule has 4 aromatic rings. The zero-order chi connectivity index (χ0) is 20.0. The standard InChI is InChI=1S/C22H22ClN5O/c23-12-5-10-15-18(11-12)28-22(29)19(20(15)25-14-8-6-13(24)7-9-14)21-26-16-3-1-2-4-17(16)27-21/h1-5,10-11,13-14H,6-9,24H2,(H,26,27)(H2,25,28,29). The largest absolute Gasteiger partial charge is 0.381 e. The van der Waals surface area contributed by atoms with Crippen molar-refractivity contribution in [2.24, 2.45) is 5.73 Å². The molecule has 7 heteroatoms. The minimum Gasteiger partial charge on any atom is -0.381 e. The summed E-state index contributed by atoms with van der Waals surface area (Å²) in [5.74, 6) is 0.555.